The van der Waals surface area contributed by atoms with E-state index in [4.69, 9.17) is 0 Å². The number of benzene rings is 1. The minimum absolute atomic E-state index is 0.183. The van der Waals surface area contributed by atoms with Crippen LogP contribution in [0.4, 0.5) is 0 Å². The topological polar surface area (TPSA) is 51.2 Å². The Balaban J connectivity index is 2.33. The first kappa shape index (κ1) is 11.3. The molecule has 3 nitrogen and oxygen atoms in total. The van der Waals surface area contributed by atoms with E-state index in [1.165, 1.54) is 6.26 Å². The molecule has 1 aliphatic carbocycles. The van der Waals surface area contributed by atoms with E-state index in [1.54, 1.807) is 18.2 Å². The van der Waals surface area contributed by atoms with Crippen LogP contribution in [0.25, 0.3) is 0 Å². The molecule has 0 atom stereocenters. The zero-order chi connectivity index (χ0) is 11.8. The van der Waals surface area contributed by atoms with Crippen LogP contribution in [0.3, 0.4) is 0 Å². The minimum atomic E-state index is -2.98. The van der Waals surface area contributed by atoms with Crippen molar-refractivity contribution >= 4 is 16.1 Å². The van der Waals surface area contributed by atoms with Gasteiger partial charge in [0.1, 0.15) is 16.1 Å². The summed E-state index contributed by atoms with van der Waals surface area (Å²) in [7, 11) is -2.98. The molecule has 4 heteroatoms. The number of sulfone groups is 1. The first-order valence-electron chi connectivity index (χ1n) is 5.19. The fourth-order valence-electron chi connectivity index (χ4n) is 2.11. The van der Waals surface area contributed by atoms with Crippen molar-refractivity contribution in [3.63, 3.8) is 0 Å². The average Bonchev–Trinajstić information content (AvgIpc) is 2.96. The van der Waals surface area contributed by atoms with Crippen LogP contribution in [0.15, 0.2) is 24.3 Å². The quantitative estimate of drug-likeness (QED) is 0.748. The number of hydrogen-bond donors (Lipinski definition) is 0. The van der Waals surface area contributed by atoms with Gasteiger partial charge in [-0.15, -0.1) is 0 Å². The molecule has 0 bridgehead atoms. The maximum absolute atomic E-state index is 11.3. The third-order valence-corrected chi connectivity index (χ3v) is 4.10. The summed E-state index contributed by atoms with van der Waals surface area (Å²) >= 11 is 0. The zero-order valence-electron chi connectivity index (χ0n) is 9.14. The number of aldehydes is 1. The molecular weight excluding hydrogens is 224 g/mol. The van der Waals surface area contributed by atoms with E-state index in [9.17, 15) is 13.2 Å². The minimum Gasteiger partial charge on any atom is -0.298 e. The van der Waals surface area contributed by atoms with Crippen molar-refractivity contribution in [2.45, 2.75) is 18.3 Å². The predicted molar refractivity (Wildman–Crippen MR) is 62.5 cm³/mol. The van der Waals surface area contributed by atoms with Gasteiger partial charge < -0.3 is 0 Å². The average molecular weight is 238 g/mol. The molecule has 0 aromatic heterocycles. The SMILES string of the molecule is CS(=O)(=O)CC1(c2cccc(C=O)c2)CC1. The molecule has 0 radical (unpaired) electrons. The van der Waals surface area contributed by atoms with E-state index in [0.717, 1.165) is 24.7 Å². The zero-order valence-corrected chi connectivity index (χ0v) is 9.96. The Morgan fingerprint density at radius 1 is 1.38 bits per heavy atom. The Morgan fingerprint density at radius 2 is 2.06 bits per heavy atom. The molecule has 0 aliphatic heterocycles. The molecule has 0 heterocycles. The largest absolute Gasteiger partial charge is 0.298 e. The summed E-state index contributed by atoms with van der Waals surface area (Å²) in [6.45, 7) is 0. The Kier molecular flexibility index (Phi) is 2.62. The van der Waals surface area contributed by atoms with Crippen molar-refractivity contribution < 1.29 is 13.2 Å². The standard InChI is InChI=1S/C12H14O3S/c1-16(14,15)9-12(5-6-12)11-4-2-3-10(7-11)8-13/h2-4,7-8H,5-6,9H2,1H3. The van der Waals surface area contributed by atoms with Gasteiger partial charge in [0.25, 0.3) is 0 Å². The summed E-state index contributed by atoms with van der Waals surface area (Å²) in [6.07, 6.45) is 3.83. The van der Waals surface area contributed by atoms with Gasteiger partial charge in [0.2, 0.25) is 0 Å². The van der Waals surface area contributed by atoms with Crippen LogP contribution in [0.2, 0.25) is 0 Å². The van der Waals surface area contributed by atoms with Crippen LogP contribution in [-0.4, -0.2) is 26.7 Å². The molecule has 1 fully saturated rings. The van der Waals surface area contributed by atoms with Crippen LogP contribution < -0.4 is 0 Å². The van der Waals surface area contributed by atoms with Gasteiger partial charge in [0.05, 0.1) is 5.75 Å². The first-order valence-corrected chi connectivity index (χ1v) is 7.25. The molecule has 0 amide bonds. The summed E-state index contributed by atoms with van der Waals surface area (Å²) in [5.41, 5.74) is 1.35. The van der Waals surface area contributed by atoms with Crippen molar-refractivity contribution in [2.24, 2.45) is 0 Å². The van der Waals surface area contributed by atoms with Gasteiger partial charge in [0.15, 0.2) is 0 Å². The Bertz CT molecular complexity index is 513. The highest BCUT2D eigenvalue weighted by Crippen LogP contribution is 2.49. The second-order valence-corrected chi connectivity index (χ2v) is 6.73. The van der Waals surface area contributed by atoms with Crippen molar-refractivity contribution in [1.82, 2.24) is 0 Å². The Hall–Kier alpha value is -1.16. The third-order valence-electron chi connectivity index (χ3n) is 3.03. The fraction of sp³-hybridized carbons (Fsp3) is 0.417. The highest BCUT2D eigenvalue weighted by Gasteiger charge is 2.46. The van der Waals surface area contributed by atoms with Crippen LogP contribution in [0.1, 0.15) is 28.8 Å². The van der Waals surface area contributed by atoms with Crippen LogP contribution >= 0.6 is 0 Å². The Labute approximate surface area is 95.4 Å². The molecule has 1 saturated carbocycles. The number of rotatable bonds is 4. The summed E-state index contributed by atoms with van der Waals surface area (Å²) in [4.78, 5) is 10.7. The molecule has 1 aromatic carbocycles. The van der Waals surface area contributed by atoms with Crippen molar-refractivity contribution in [1.29, 1.82) is 0 Å². The summed E-state index contributed by atoms with van der Waals surface area (Å²) in [6, 6.07) is 7.24. The van der Waals surface area contributed by atoms with Crippen molar-refractivity contribution in [3.8, 4) is 0 Å². The van der Waals surface area contributed by atoms with E-state index in [0.29, 0.717) is 5.56 Å². The normalized spacial score (nSPS) is 18.1. The summed E-state index contributed by atoms with van der Waals surface area (Å²) in [5, 5.41) is 0. The second-order valence-electron chi connectivity index (χ2n) is 4.59. The fourth-order valence-corrected chi connectivity index (χ4v) is 3.57. The van der Waals surface area contributed by atoms with Gasteiger partial charge in [0, 0.05) is 17.2 Å². The van der Waals surface area contributed by atoms with Gasteiger partial charge in [-0.05, 0) is 24.5 Å². The molecule has 2 rings (SSSR count). The molecule has 86 valence electrons. The molecule has 16 heavy (non-hydrogen) atoms. The molecule has 1 aliphatic rings. The second kappa shape index (κ2) is 3.70. The monoisotopic (exact) mass is 238 g/mol. The van der Waals surface area contributed by atoms with Crippen LogP contribution in [0, 0.1) is 0 Å². The summed E-state index contributed by atoms with van der Waals surface area (Å²) < 4.78 is 22.7. The third kappa shape index (κ3) is 2.32. The lowest BCUT2D eigenvalue weighted by Crippen LogP contribution is -2.20. The van der Waals surface area contributed by atoms with E-state index < -0.39 is 9.84 Å². The maximum atomic E-state index is 11.3. The molecule has 0 N–H and O–H groups in total. The van der Waals surface area contributed by atoms with Crippen molar-refractivity contribution in [2.75, 3.05) is 12.0 Å². The highest BCUT2D eigenvalue weighted by atomic mass is 32.2. The van der Waals surface area contributed by atoms with E-state index in [1.807, 2.05) is 6.07 Å². The van der Waals surface area contributed by atoms with Crippen LogP contribution in [0.5, 0.6) is 0 Å². The smallest absolute Gasteiger partial charge is 0.150 e. The van der Waals surface area contributed by atoms with E-state index in [2.05, 4.69) is 0 Å². The van der Waals surface area contributed by atoms with Gasteiger partial charge in [-0.2, -0.15) is 0 Å². The Morgan fingerprint density at radius 3 is 2.56 bits per heavy atom. The molecular formula is C12H14O3S. The summed E-state index contributed by atoms with van der Waals surface area (Å²) in [5.74, 6) is 0.183. The first-order chi connectivity index (χ1) is 7.45. The maximum Gasteiger partial charge on any atom is 0.150 e. The van der Waals surface area contributed by atoms with Gasteiger partial charge >= 0.3 is 0 Å². The van der Waals surface area contributed by atoms with Crippen molar-refractivity contribution in [3.05, 3.63) is 35.4 Å². The lowest BCUT2D eigenvalue weighted by molar-refractivity contribution is 0.112. The van der Waals surface area contributed by atoms with E-state index >= 15 is 0 Å². The number of hydrogen-bond acceptors (Lipinski definition) is 3. The van der Waals surface area contributed by atoms with Gasteiger partial charge in [-0.3, -0.25) is 4.79 Å². The molecule has 0 unspecified atom stereocenters. The molecule has 1 aromatic rings. The highest BCUT2D eigenvalue weighted by molar-refractivity contribution is 7.90. The number of carbonyl (C=O) groups excluding carboxylic acids is 1. The van der Waals surface area contributed by atoms with Crippen LogP contribution in [-0.2, 0) is 15.3 Å². The lowest BCUT2D eigenvalue weighted by atomic mass is 9.96. The number of carbonyl (C=O) groups is 1. The lowest BCUT2D eigenvalue weighted by Gasteiger charge is -2.14. The van der Waals surface area contributed by atoms with E-state index in [-0.39, 0.29) is 11.2 Å². The van der Waals surface area contributed by atoms with Gasteiger partial charge in [-0.1, -0.05) is 18.2 Å². The molecule has 0 saturated heterocycles. The molecule has 0 spiro atoms. The predicted octanol–water partition coefficient (Wildman–Crippen LogP) is 1.58. The van der Waals surface area contributed by atoms with Gasteiger partial charge in [-0.25, -0.2) is 8.42 Å².